The molecule has 2 fully saturated rings. The maximum absolute atomic E-state index is 10.9. The predicted molar refractivity (Wildman–Crippen MR) is 59.0 cm³/mol. The van der Waals surface area contributed by atoms with Crippen LogP contribution in [0.3, 0.4) is 0 Å². The number of hydrogen-bond acceptors (Lipinski definition) is 2. The molecule has 84 valence electrons. The molecule has 0 spiro atoms. The first-order valence-corrected chi connectivity index (χ1v) is 6.08. The maximum atomic E-state index is 10.9. The van der Waals surface area contributed by atoms with Gasteiger partial charge in [-0.05, 0) is 36.5 Å². The van der Waals surface area contributed by atoms with Crippen molar-refractivity contribution < 1.29 is 5.11 Å². The Labute approximate surface area is 92.3 Å². The van der Waals surface area contributed by atoms with E-state index in [0.29, 0.717) is 11.8 Å². The Kier molecular flexibility index (Phi) is 2.35. The first-order valence-electron chi connectivity index (χ1n) is 6.08. The van der Waals surface area contributed by atoms with Crippen molar-refractivity contribution in [3.8, 4) is 6.07 Å². The summed E-state index contributed by atoms with van der Waals surface area (Å²) in [4.78, 5) is 0. The van der Waals surface area contributed by atoms with Crippen LogP contribution in [-0.2, 0) is 0 Å². The molecular formula is C13H21NO. The zero-order valence-electron chi connectivity index (χ0n) is 9.95. The average Bonchev–Trinajstić information content (AvgIpc) is 2.61. The lowest BCUT2D eigenvalue weighted by molar-refractivity contribution is -0.0531. The van der Waals surface area contributed by atoms with E-state index < -0.39 is 5.60 Å². The van der Waals surface area contributed by atoms with Crippen molar-refractivity contribution in [3.63, 3.8) is 0 Å². The molecule has 2 aliphatic carbocycles. The molecule has 0 aromatic carbocycles. The highest BCUT2D eigenvalue weighted by molar-refractivity contribution is 5.17. The first-order chi connectivity index (χ1) is 6.96. The second-order valence-electron chi connectivity index (χ2n) is 6.00. The van der Waals surface area contributed by atoms with E-state index in [1.54, 1.807) is 0 Å². The van der Waals surface area contributed by atoms with Crippen LogP contribution < -0.4 is 0 Å². The van der Waals surface area contributed by atoms with Crippen LogP contribution in [0, 0.1) is 34.5 Å². The molecule has 0 radical (unpaired) electrons. The largest absolute Gasteiger partial charge is 0.388 e. The van der Waals surface area contributed by atoms with E-state index in [1.807, 2.05) is 0 Å². The van der Waals surface area contributed by atoms with E-state index >= 15 is 0 Å². The molecule has 2 aliphatic rings. The molecule has 4 atom stereocenters. The van der Waals surface area contributed by atoms with Gasteiger partial charge in [0.25, 0.3) is 0 Å². The van der Waals surface area contributed by atoms with Gasteiger partial charge in [-0.3, -0.25) is 0 Å². The van der Waals surface area contributed by atoms with Crippen LogP contribution >= 0.6 is 0 Å². The Hall–Kier alpha value is -0.550. The lowest BCUT2D eigenvalue weighted by Gasteiger charge is -2.34. The molecule has 2 saturated carbocycles. The van der Waals surface area contributed by atoms with Crippen molar-refractivity contribution in [2.45, 2.75) is 52.1 Å². The summed E-state index contributed by atoms with van der Waals surface area (Å²) in [5.41, 5.74) is -0.550. The van der Waals surface area contributed by atoms with Crippen LogP contribution in [0.5, 0.6) is 0 Å². The second-order valence-corrected chi connectivity index (χ2v) is 6.00. The Morgan fingerprint density at radius 1 is 1.40 bits per heavy atom. The third-order valence-corrected chi connectivity index (χ3v) is 4.90. The molecule has 2 nitrogen and oxygen atoms in total. The van der Waals surface area contributed by atoms with E-state index in [-0.39, 0.29) is 11.3 Å². The molecule has 0 unspecified atom stereocenters. The fourth-order valence-electron chi connectivity index (χ4n) is 4.17. The van der Waals surface area contributed by atoms with Crippen LogP contribution in [0.4, 0.5) is 0 Å². The predicted octanol–water partition coefficient (Wildman–Crippen LogP) is 2.72. The standard InChI is InChI=1S/C13H21NO/c1-4-9-5-6-11-12(2,3)7-10(8-14)13(9,11)15/h9-11,15H,4-7H2,1-3H3/t9-,10+,11-,13-/m0/s1. The van der Waals surface area contributed by atoms with Gasteiger partial charge in [0, 0.05) is 0 Å². The highest BCUT2D eigenvalue weighted by Crippen LogP contribution is 2.62. The maximum Gasteiger partial charge on any atom is 0.0866 e. The molecule has 1 N–H and O–H groups in total. The number of hydrogen-bond donors (Lipinski definition) is 1. The van der Waals surface area contributed by atoms with Gasteiger partial charge in [-0.1, -0.05) is 27.2 Å². The molecule has 0 bridgehead atoms. The zero-order chi connectivity index (χ0) is 11.3. The minimum atomic E-state index is -0.688. The fraction of sp³-hybridized carbons (Fsp3) is 0.923. The van der Waals surface area contributed by atoms with Gasteiger partial charge in [0.05, 0.1) is 17.6 Å². The number of fused-ring (bicyclic) bond motifs is 1. The molecule has 15 heavy (non-hydrogen) atoms. The van der Waals surface area contributed by atoms with E-state index in [0.717, 1.165) is 25.7 Å². The lowest BCUT2D eigenvalue weighted by Crippen LogP contribution is -2.43. The second kappa shape index (κ2) is 3.22. The van der Waals surface area contributed by atoms with Crippen molar-refractivity contribution >= 4 is 0 Å². The monoisotopic (exact) mass is 207 g/mol. The molecule has 0 saturated heterocycles. The summed E-state index contributed by atoms with van der Waals surface area (Å²) >= 11 is 0. The topological polar surface area (TPSA) is 44.0 Å². The molecule has 2 rings (SSSR count). The molecule has 0 aliphatic heterocycles. The molecule has 0 aromatic heterocycles. The molecular weight excluding hydrogens is 186 g/mol. The minimum Gasteiger partial charge on any atom is -0.388 e. The van der Waals surface area contributed by atoms with Crippen molar-refractivity contribution in [1.82, 2.24) is 0 Å². The van der Waals surface area contributed by atoms with Crippen LogP contribution in [0.2, 0.25) is 0 Å². The van der Waals surface area contributed by atoms with E-state index in [1.165, 1.54) is 0 Å². The number of aliphatic hydroxyl groups is 1. The Balaban J connectivity index is 2.39. The smallest absolute Gasteiger partial charge is 0.0866 e. The summed E-state index contributed by atoms with van der Waals surface area (Å²) in [7, 11) is 0. The van der Waals surface area contributed by atoms with Gasteiger partial charge in [0.2, 0.25) is 0 Å². The van der Waals surface area contributed by atoms with Gasteiger partial charge in [0.15, 0.2) is 0 Å². The van der Waals surface area contributed by atoms with Crippen molar-refractivity contribution in [2.24, 2.45) is 23.2 Å². The van der Waals surface area contributed by atoms with E-state index in [2.05, 4.69) is 26.8 Å². The van der Waals surface area contributed by atoms with Crippen molar-refractivity contribution in [3.05, 3.63) is 0 Å². The van der Waals surface area contributed by atoms with Crippen LogP contribution in [0.25, 0.3) is 0 Å². The summed E-state index contributed by atoms with van der Waals surface area (Å²) in [5.74, 6) is 0.526. The third kappa shape index (κ3) is 1.26. The van der Waals surface area contributed by atoms with E-state index in [4.69, 9.17) is 0 Å². The Morgan fingerprint density at radius 3 is 2.60 bits per heavy atom. The summed E-state index contributed by atoms with van der Waals surface area (Å²) < 4.78 is 0. The van der Waals surface area contributed by atoms with Crippen LogP contribution in [0.1, 0.15) is 46.5 Å². The third-order valence-electron chi connectivity index (χ3n) is 4.90. The molecule has 0 amide bonds. The lowest BCUT2D eigenvalue weighted by atomic mass is 9.75. The highest BCUT2D eigenvalue weighted by Gasteiger charge is 2.63. The number of rotatable bonds is 1. The van der Waals surface area contributed by atoms with Gasteiger partial charge in [-0.2, -0.15) is 5.26 Å². The fourth-order valence-corrected chi connectivity index (χ4v) is 4.17. The van der Waals surface area contributed by atoms with Crippen LogP contribution in [-0.4, -0.2) is 10.7 Å². The summed E-state index contributed by atoms with van der Waals surface area (Å²) in [5, 5.41) is 20.1. The van der Waals surface area contributed by atoms with Gasteiger partial charge in [-0.25, -0.2) is 0 Å². The van der Waals surface area contributed by atoms with Crippen molar-refractivity contribution in [2.75, 3.05) is 0 Å². The van der Waals surface area contributed by atoms with Crippen molar-refractivity contribution in [1.29, 1.82) is 5.26 Å². The Bertz CT molecular complexity index is 304. The van der Waals surface area contributed by atoms with E-state index in [9.17, 15) is 10.4 Å². The normalized spacial score (nSPS) is 47.5. The van der Waals surface area contributed by atoms with Gasteiger partial charge >= 0.3 is 0 Å². The first kappa shape index (κ1) is 11.0. The zero-order valence-corrected chi connectivity index (χ0v) is 9.95. The SMILES string of the molecule is CC[C@H]1CC[C@H]2C(C)(C)C[C@H](C#N)[C@@]12O. The van der Waals surface area contributed by atoms with Gasteiger partial charge in [-0.15, -0.1) is 0 Å². The van der Waals surface area contributed by atoms with Gasteiger partial charge < -0.3 is 5.11 Å². The summed E-state index contributed by atoms with van der Waals surface area (Å²) in [6.07, 6.45) is 4.06. The molecule has 2 heteroatoms. The summed E-state index contributed by atoms with van der Waals surface area (Å²) in [6, 6.07) is 2.35. The number of nitriles is 1. The highest BCUT2D eigenvalue weighted by atomic mass is 16.3. The quantitative estimate of drug-likeness (QED) is 0.718. The summed E-state index contributed by atoms with van der Waals surface area (Å²) in [6.45, 7) is 6.54. The number of nitrogens with zero attached hydrogens (tertiary/aromatic N) is 1. The molecule has 0 aromatic rings. The average molecular weight is 207 g/mol. The van der Waals surface area contributed by atoms with Crippen LogP contribution in [0.15, 0.2) is 0 Å². The minimum absolute atomic E-state index is 0.138. The molecule has 0 heterocycles. The Morgan fingerprint density at radius 2 is 2.07 bits per heavy atom. The van der Waals surface area contributed by atoms with Gasteiger partial charge in [0.1, 0.15) is 0 Å².